The van der Waals surface area contributed by atoms with Gasteiger partial charge in [-0.05, 0) is 31.4 Å². The normalized spacial score (nSPS) is 24.4. The molecule has 1 saturated heterocycles. The highest BCUT2D eigenvalue weighted by Gasteiger charge is 2.32. The lowest BCUT2D eigenvalue weighted by Gasteiger charge is -2.16. The molecule has 1 aliphatic carbocycles. The van der Waals surface area contributed by atoms with E-state index in [9.17, 15) is 14.3 Å². The fourth-order valence-corrected chi connectivity index (χ4v) is 5.11. The molecule has 6 rings (SSSR count). The van der Waals surface area contributed by atoms with E-state index < -0.39 is 18.3 Å². The van der Waals surface area contributed by atoms with Gasteiger partial charge in [-0.15, -0.1) is 0 Å². The Morgan fingerprint density at radius 3 is 2.91 bits per heavy atom. The highest BCUT2D eigenvalue weighted by molar-refractivity contribution is 6.01. The quantitative estimate of drug-likeness (QED) is 0.402. The Morgan fingerprint density at radius 2 is 2.17 bits per heavy atom. The van der Waals surface area contributed by atoms with Gasteiger partial charge in [-0.2, -0.15) is 9.61 Å². The number of amides is 1. The number of fused-ring (bicyclic) bond motifs is 2. The number of anilines is 1. The smallest absolute Gasteiger partial charge is 0.257 e. The van der Waals surface area contributed by atoms with Gasteiger partial charge >= 0.3 is 0 Å². The number of hydrogen-bond donors (Lipinski definition) is 3. The number of pyridine rings is 1. The van der Waals surface area contributed by atoms with Gasteiger partial charge < -0.3 is 25.0 Å². The molecule has 182 valence electrons. The number of aromatic nitrogens is 5. The predicted octanol–water partition coefficient (Wildman–Crippen LogP) is 2.34. The number of rotatable bonds is 5. The number of nitrogens with one attached hydrogen (secondary N) is 2. The van der Waals surface area contributed by atoms with E-state index in [0.29, 0.717) is 34.8 Å². The van der Waals surface area contributed by atoms with Crippen LogP contribution in [0.3, 0.4) is 0 Å². The molecular weight excluding hydrogens is 453 g/mol. The summed E-state index contributed by atoms with van der Waals surface area (Å²) >= 11 is 0. The number of alkyl halides is 1. The molecule has 0 aromatic carbocycles. The predicted molar refractivity (Wildman–Crippen MR) is 127 cm³/mol. The number of aliphatic hydroxyl groups excluding tert-OH is 1. The van der Waals surface area contributed by atoms with Crippen molar-refractivity contribution < 1.29 is 19.0 Å². The van der Waals surface area contributed by atoms with E-state index in [-0.39, 0.29) is 25.2 Å². The molecule has 2 aliphatic rings. The summed E-state index contributed by atoms with van der Waals surface area (Å²) < 4.78 is 23.3. The molecular formula is C24H26FN7O3. The van der Waals surface area contributed by atoms with Gasteiger partial charge in [-0.25, -0.2) is 14.4 Å². The van der Waals surface area contributed by atoms with Gasteiger partial charge in [0, 0.05) is 36.5 Å². The zero-order valence-corrected chi connectivity index (χ0v) is 19.2. The Morgan fingerprint density at radius 1 is 1.29 bits per heavy atom. The molecule has 0 spiro atoms. The van der Waals surface area contributed by atoms with Crippen molar-refractivity contribution in [3.63, 3.8) is 0 Å². The van der Waals surface area contributed by atoms with Crippen molar-refractivity contribution in [2.24, 2.45) is 0 Å². The van der Waals surface area contributed by atoms with E-state index in [1.54, 1.807) is 17.8 Å². The molecule has 1 saturated carbocycles. The molecule has 3 N–H and O–H groups in total. The third-order valence-corrected chi connectivity index (χ3v) is 6.97. The maximum absolute atomic E-state index is 14.6. The van der Waals surface area contributed by atoms with Crippen LogP contribution in [0.1, 0.15) is 35.7 Å². The number of ether oxygens (including phenoxy) is 1. The summed E-state index contributed by atoms with van der Waals surface area (Å²) in [5.74, 6) is 0.312. The SMILES string of the molecule is CNc1cc(-c2cn([C@@H]3COC[C@@H]3F)c3ncccc23)nc2c(C(=O)NC3CCC[C@H]3O)cnn12. The second kappa shape index (κ2) is 8.58. The fraction of sp³-hybridized carbons (Fsp3) is 0.417. The molecule has 35 heavy (non-hydrogen) atoms. The molecule has 0 radical (unpaired) electrons. The topological polar surface area (TPSA) is 119 Å². The minimum Gasteiger partial charge on any atom is -0.391 e. The van der Waals surface area contributed by atoms with Crippen LogP contribution in [0.5, 0.6) is 0 Å². The number of hydrogen-bond acceptors (Lipinski definition) is 7. The molecule has 4 aromatic heterocycles. The van der Waals surface area contributed by atoms with Gasteiger partial charge in [0.05, 0.1) is 43.3 Å². The van der Waals surface area contributed by atoms with Crippen molar-refractivity contribution >= 4 is 28.4 Å². The molecule has 0 bridgehead atoms. The van der Waals surface area contributed by atoms with Gasteiger partial charge in [-0.1, -0.05) is 0 Å². The van der Waals surface area contributed by atoms with Crippen molar-refractivity contribution in [1.29, 1.82) is 0 Å². The summed E-state index contributed by atoms with van der Waals surface area (Å²) in [4.78, 5) is 22.4. The van der Waals surface area contributed by atoms with Crippen molar-refractivity contribution in [2.75, 3.05) is 25.6 Å². The van der Waals surface area contributed by atoms with Crippen LogP contribution in [0.25, 0.3) is 27.9 Å². The number of carbonyl (C=O) groups excluding carboxylic acids is 1. The number of halogens is 1. The monoisotopic (exact) mass is 479 g/mol. The Bertz CT molecular complexity index is 1420. The summed E-state index contributed by atoms with van der Waals surface area (Å²) in [6, 6.07) is 4.84. The fourth-order valence-electron chi connectivity index (χ4n) is 5.11. The molecule has 1 unspecified atom stereocenters. The minimum atomic E-state index is -1.13. The van der Waals surface area contributed by atoms with E-state index in [1.807, 2.05) is 29.0 Å². The molecule has 5 heterocycles. The second-order valence-corrected chi connectivity index (χ2v) is 9.09. The third kappa shape index (κ3) is 3.62. The van der Waals surface area contributed by atoms with Gasteiger partial charge in [-0.3, -0.25) is 4.79 Å². The second-order valence-electron chi connectivity index (χ2n) is 9.09. The van der Waals surface area contributed by atoms with Crippen molar-refractivity contribution in [3.05, 3.63) is 42.4 Å². The summed E-state index contributed by atoms with van der Waals surface area (Å²) in [6.45, 7) is 0.333. The molecule has 1 amide bonds. The van der Waals surface area contributed by atoms with E-state index in [0.717, 1.165) is 23.8 Å². The average molecular weight is 480 g/mol. The van der Waals surface area contributed by atoms with Gasteiger partial charge in [0.25, 0.3) is 5.91 Å². The zero-order valence-electron chi connectivity index (χ0n) is 19.2. The molecule has 10 nitrogen and oxygen atoms in total. The molecule has 4 aromatic rings. The lowest BCUT2D eigenvalue weighted by Crippen LogP contribution is -2.39. The van der Waals surface area contributed by atoms with E-state index in [4.69, 9.17) is 9.72 Å². The first-order valence-electron chi connectivity index (χ1n) is 11.8. The van der Waals surface area contributed by atoms with Crippen molar-refractivity contribution in [3.8, 4) is 11.3 Å². The first kappa shape index (κ1) is 21.9. The number of nitrogens with zero attached hydrogens (tertiary/aromatic N) is 5. The van der Waals surface area contributed by atoms with Crippen LogP contribution < -0.4 is 10.6 Å². The van der Waals surface area contributed by atoms with Crippen molar-refractivity contribution in [2.45, 2.75) is 43.6 Å². The largest absolute Gasteiger partial charge is 0.391 e. The van der Waals surface area contributed by atoms with Crippen LogP contribution in [0, 0.1) is 0 Å². The van der Waals surface area contributed by atoms with Crippen LogP contribution in [0.15, 0.2) is 36.8 Å². The van der Waals surface area contributed by atoms with Crippen LogP contribution >= 0.6 is 0 Å². The van der Waals surface area contributed by atoms with Crippen LogP contribution in [-0.2, 0) is 4.74 Å². The first-order valence-corrected chi connectivity index (χ1v) is 11.8. The number of aliphatic hydroxyl groups is 1. The maximum Gasteiger partial charge on any atom is 0.257 e. The summed E-state index contributed by atoms with van der Waals surface area (Å²) in [5.41, 5.74) is 2.72. The van der Waals surface area contributed by atoms with E-state index in [1.165, 1.54) is 6.20 Å². The molecule has 4 atom stereocenters. The van der Waals surface area contributed by atoms with Gasteiger partial charge in [0.2, 0.25) is 0 Å². The highest BCUT2D eigenvalue weighted by atomic mass is 19.1. The van der Waals surface area contributed by atoms with Gasteiger partial charge in [0.15, 0.2) is 5.65 Å². The maximum atomic E-state index is 14.6. The Hall–Kier alpha value is -3.57. The zero-order chi connectivity index (χ0) is 24.1. The Kier molecular flexibility index (Phi) is 5.37. The van der Waals surface area contributed by atoms with Crippen LogP contribution in [0.4, 0.5) is 10.2 Å². The summed E-state index contributed by atoms with van der Waals surface area (Å²) in [5, 5.41) is 21.4. The lowest BCUT2D eigenvalue weighted by molar-refractivity contribution is 0.0874. The minimum absolute atomic E-state index is 0.0601. The number of carbonyl (C=O) groups is 1. The molecule has 2 fully saturated rings. The van der Waals surface area contributed by atoms with Gasteiger partial charge in [0.1, 0.15) is 23.2 Å². The molecule has 11 heteroatoms. The van der Waals surface area contributed by atoms with Crippen LogP contribution in [0.2, 0.25) is 0 Å². The highest BCUT2D eigenvalue weighted by Crippen LogP contribution is 2.35. The summed E-state index contributed by atoms with van der Waals surface area (Å²) in [7, 11) is 1.77. The Balaban J connectivity index is 1.47. The standard InChI is InChI=1S/C24H26FN7O3/c1-26-21-8-18(15-10-31(19-12-35-11-16(19)25)22-13(15)4-3-7-27-22)29-23-14(9-28-32(21)23)24(34)30-17-5-2-6-20(17)33/h3-4,7-10,16-17,19-20,26,33H,2,5-6,11-12H2,1H3,(H,30,34)/t16-,17?,19+,20+/m0/s1. The van der Waals surface area contributed by atoms with Crippen molar-refractivity contribution in [1.82, 2.24) is 29.5 Å². The van der Waals surface area contributed by atoms with E-state index >= 15 is 0 Å². The average Bonchev–Trinajstić information content (AvgIpc) is 3.65. The van der Waals surface area contributed by atoms with Crippen LogP contribution in [-0.4, -0.2) is 73.7 Å². The third-order valence-electron chi connectivity index (χ3n) is 6.97. The first-order chi connectivity index (χ1) is 17.0. The lowest BCUT2D eigenvalue weighted by atomic mass is 10.1. The Labute approximate surface area is 200 Å². The summed E-state index contributed by atoms with van der Waals surface area (Å²) in [6.07, 6.45) is 5.63. The van der Waals surface area contributed by atoms with E-state index in [2.05, 4.69) is 20.7 Å². The molecule has 1 aliphatic heterocycles.